The highest BCUT2D eigenvalue weighted by atomic mass is 80.0. The van der Waals surface area contributed by atoms with Crippen molar-refractivity contribution in [1.29, 1.82) is 0 Å². The number of amidine groups is 1. The summed E-state index contributed by atoms with van der Waals surface area (Å²) < 4.78 is -4.52. The van der Waals surface area contributed by atoms with Gasteiger partial charge >= 0.3 is 0 Å². The molecule has 11 heteroatoms. The number of quaternary nitrogens is 2. The Bertz CT molecular complexity index is 640. The lowest BCUT2D eigenvalue weighted by atomic mass is 10.3. The Kier molecular flexibility index (Phi) is 6.42. The Hall–Kier alpha value is 1.04. The SMILES string of the molecule is C[N+]1([O-])CC(=NC(Cl)C(Cl)(Cl)C(Br)(Br)Br)[N+]([O-])(c2ccccc2)C1. The monoisotopic (exact) mass is 585 g/mol. The normalized spacial score (nSPS) is 31.5. The Morgan fingerprint density at radius 3 is 2.21 bits per heavy atom. The van der Waals surface area contributed by atoms with Gasteiger partial charge in [0.25, 0.3) is 5.84 Å². The van der Waals surface area contributed by atoms with Crippen LogP contribution in [0.1, 0.15) is 0 Å². The maximum Gasteiger partial charge on any atom is 0.266 e. The van der Waals surface area contributed by atoms with Crippen molar-refractivity contribution in [2.24, 2.45) is 4.99 Å². The molecule has 3 atom stereocenters. The van der Waals surface area contributed by atoms with E-state index in [9.17, 15) is 10.4 Å². The zero-order valence-corrected chi connectivity index (χ0v) is 19.3. The molecule has 134 valence electrons. The van der Waals surface area contributed by atoms with Gasteiger partial charge in [0.2, 0.25) is 6.67 Å². The number of hydrogen-bond donors (Lipinski definition) is 0. The first kappa shape index (κ1) is 21.3. The highest BCUT2D eigenvalue weighted by Crippen LogP contribution is 2.54. The van der Waals surface area contributed by atoms with Crippen molar-refractivity contribution in [2.45, 2.75) is 12.0 Å². The minimum absolute atomic E-state index is 0.0705. The van der Waals surface area contributed by atoms with Gasteiger partial charge in [0.05, 0.1) is 7.05 Å². The molecule has 24 heavy (non-hydrogen) atoms. The molecule has 1 fully saturated rings. The first-order chi connectivity index (χ1) is 10.8. The number of alkyl halides is 6. The van der Waals surface area contributed by atoms with Gasteiger partial charge in [0, 0.05) is 12.1 Å². The van der Waals surface area contributed by atoms with Crippen LogP contribution in [0.3, 0.4) is 0 Å². The molecule has 2 rings (SSSR count). The summed E-state index contributed by atoms with van der Waals surface area (Å²) >= 11 is 28.4. The van der Waals surface area contributed by atoms with Crippen molar-refractivity contribution in [2.75, 3.05) is 20.3 Å². The van der Waals surface area contributed by atoms with Gasteiger partial charge in [-0.1, -0.05) is 101 Å². The van der Waals surface area contributed by atoms with Crippen molar-refractivity contribution < 1.29 is 4.65 Å². The van der Waals surface area contributed by atoms with E-state index in [-0.39, 0.29) is 19.0 Å². The average molecular weight is 589 g/mol. The lowest BCUT2D eigenvalue weighted by Gasteiger charge is -2.38. The summed E-state index contributed by atoms with van der Waals surface area (Å²) in [6.07, 6.45) is 0. The van der Waals surface area contributed by atoms with E-state index in [4.69, 9.17) is 34.8 Å². The van der Waals surface area contributed by atoms with Gasteiger partial charge in [-0.05, 0) is 0 Å². The van der Waals surface area contributed by atoms with E-state index >= 15 is 0 Å². The number of hydroxylamine groups is 5. The second kappa shape index (κ2) is 7.22. The molecule has 0 saturated carbocycles. The topological polar surface area (TPSA) is 58.5 Å². The molecule has 1 aromatic carbocycles. The van der Waals surface area contributed by atoms with Crippen LogP contribution in [0.5, 0.6) is 0 Å². The summed E-state index contributed by atoms with van der Waals surface area (Å²) in [5, 5.41) is 25.8. The van der Waals surface area contributed by atoms with E-state index in [1.165, 1.54) is 7.05 Å². The second-order valence-electron chi connectivity index (χ2n) is 5.67. The number of aliphatic imine (C=N–C) groups is 1. The Morgan fingerprint density at radius 1 is 1.17 bits per heavy atom. The zero-order chi connectivity index (χ0) is 18.4. The number of rotatable bonds is 3. The molecule has 1 saturated heterocycles. The zero-order valence-electron chi connectivity index (χ0n) is 12.3. The molecule has 1 aromatic rings. The minimum Gasteiger partial charge on any atom is -0.628 e. The highest BCUT2D eigenvalue weighted by Gasteiger charge is 2.52. The number of halogens is 6. The fourth-order valence-electron chi connectivity index (χ4n) is 2.35. The number of nitrogens with zero attached hydrogens (tertiary/aromatic N) is 3. The van der Waals surface area contributed by atoms with Gasteiger partial charge in [0.1, 0.15) is 5.69 Å². The molecule has 1 aliphatic heterocycles. The molecule has 0 amide bonds. The first-order valence-corrected chi connectivity index (χ1v) is 10.2. The standard InChI is InChI=1S/C13H13Br3Cl3N3O2/c1-21(23)7-10(20-11(17)12(18,19)13(14,15)16)22(24,8-21)9-5-3-2-4-6-9/h2-6,11H,7-8H2,1H3. The van der Waals surface area contributed by atoms with Crippen LogP contribution in [-0.2, 0) is 0 Å². The van der Waals surface area contributed by atoms with Crippen LogP contribution in [0.25, 0.3) is 0 Å². The fraction of sp³-hybridized carbons (Fsp3) is 0.462. The summed E-state index contributed by atoms with van der Waals surface area (Å²) in [7, 11) is 1.41. The first-order valence-electron chi connectivity index (χ1n) is 6.66. The van der Waals surface area contributed by atoms with E-state index in [1.807, 2.05) is 0 Å². The summed E-state index contributed by atoms with van der Waals surface area (Å²) in [5.41, 5.74) is -0.794. The van der Waals surface area contributed by atoms with Crippen LogP contribution in [0, 0.1) is 10.4 Å². The van der Waals surface area contributed by atoms with Gasteiger partial charge < -0.3 is 15.1 Å². The van der Waals surface area contributed by atoms with Crippen LogP contribution in [-0.4, -0.2) is 42.7 Å². The maximum absolute atomic E-state index is 13.4. The second-order valence-corrected chi connectivity index (χ2v) is 14.2. The highest BCUT2D eigenvalue weighted by molar-refractivity contribution is 9.39. The van der Waals surface area contributed by atoms with Crippen molar-refractivity contribution in [1.82, 2.24) is 4.65 Å². The molecular weight excluding hydrogens is 576 g/mol. The third-order valence-corrected chi connectivity index (χ3v) is 8.38. The molecule has 0 aromatic heterocycles. The van der Waals surface area contributed by atoms with Gasteiger partial charge in [0.15, 0.2) is 18.5 Å². The van der Waals surface area contributed by atoms with Crippen LogP contribution >= 0.6 is 82.6 Å². The van der Waals surface area contributed by atoms with Crippen LogP contribution in [0.15, 0.2) is 35.3 Å². The van der Waals surface area contributed by atoms with Crippen molar-refractivity contribution in [3.63, 3.8) is 0 Å². The predicted octanol–water partition coefficient (Wildman–Crippen LogP) is 5.38. The molecule has 5 nitrogen and oxygen atoms in total. The largest absolute Gasteiger partial charge is 0.628 e. The minimum atomic E-state index is -1.64. The average Bonchev–Trinajstić information content (AvgIpc) is 2.68. The predicted molar refractivity (Wildman–Crippen MR) is 112 cm³/mol. The number of para-hydroxylation sites is 1. The molecule has 0 radical (unpaired) electrons. The molecular formula is C13H13Br3Cl3N3O2. The molecule has 0 bridgehead atoms. The van der Waals surface area contributed by atoms with Gasteiger partial charge in [-0.3, -0.25) is 0 Å². The summed E-state index contributed by atoms with van der Waals surface area (Å²) in [6, 6.07) is 8.54. The Labute approximate surface area is 180 Å². The Balaban J connectivity index is 2.46. The van der Waals surface area contributed by atoms with E-state index in [1.54, 1.807) is 30.3 Å². The third kappa shape index (κ3) is 4.30. The van der Waals surface area contributed by atoms with E-state index in [0.29, 0.717) is 5.69 Å². The molecule has 0 N–H and O–H groups in total. The van der Waals surface area contributed by atoms with Crippen LogP contribution in [0.4, 0.5) is 5.69 Å². The molecule has 0 spiro atoms. The summed E-state index contributed by atoms with van der Waals surface area (Å²) in [4.78, 5) is 4.21. The van der Waals surface area contributed by atoms with Crippen molar-refractivity contribution in [3.05, 3.63) is 40.7 Å². The molecule has 1 heterocycles. The van der Waals surface area contributed by atoms with Gasteiger partial charge in [-0.25, -0.2) is 9.64 Å². The lowest BCUT2D eigenvalue weighted by Crippen LogP contribution is -2.49. The maximum atomic E-state index is 13.4. The molecule has 1 aliphatic rings. The van der Waals surface area contributed by atoms with Crippen molar-refractivity contribution >= 4 is 94.1 Å². The smallest absolute Gasteiger partial charge is 0.266 e. The number of hydrogen-bond acceptors (Lipinski definition) is 3. The third-order valence-electron chi connectivity index (χ3n) is 3.50. The van der Waals surface area contributed by atoms with E-state index < -0.39 is 21.3 Å². The van der Waals surface area contributed by atoms with Crippen molar-refractivity contribution in [3.8, 4) is 0 Å². The van der Waals surface area contributed by atoms with E-state index in [2.05, 4.69) is 52.8 Å². The number of likely N-dealkylation sites (N-methyl/N-ethyl adjacent to an activating group) is 1. The van der Waals surface area contributed by atoms with Gasteiger partial charge in [-0.2, -0.15) is 0 Å². The van der Waals surface area contributed by atoms with Crippen LogP contribution < -0.4 is 4.65 Å². The number of benzene rings is 1. The summed E-state index contributed by atoms with van der Waals surface area (Å²) in [5.74, 6) is 0.0705. The fourth-order valence-corrected chi connectivity index (χ4v) is 3.77. The summed E-state index contributed by atoms with van der Waals surface area (Å²) in [6.45, 7) is -0.350. The Morgan fingerprint density at radius 2 is 1.71 bits per heavy atom. The lowest BCUT2D eigenvalue weighted by molar-refractivity contribution is -0.848. The van der Waals surface area contributed by atoms with Crippen LogP contribution in [0.2, 0.25) is 0 Å². The molecule has 0 aliphatic carbocycles. The molecule has 3 unspecified atom stereocenters. The van der Waals surface area contributed by atoms with E-state index in [0.717, 1.165) is 0 Å². The quantitative estimate of drug-likeness (QED) is 0.206. The van der Waals surface area contributed by atoms with Gasteiger partial charge in [-0.15, -0.1) is 0 Å².